The van der Waals surface area contributed by atoms with E-state index in [0.29, 0.717) is 17.3 Å². The summed E-state index contributed by atoms with van der Waals surface area (Å²) in [5.74, 6) is -0.121. The SMILES string of the molecule is CC(C)OCCCCNC(=O)c1ccc(Cl)nc1. The van der Waals surface area contributed by atoms with Crippen molar-refractivity contribution in [2.75, 3.05) is 13.2 Å². The smallest absolute Gasteiger partial charge is 0.252 e. The predicted molar refractivity (Wildman–Crippen MR) is 71.9 cm³/mol. The van der Waals surface area contributed by atoms with Gasteiger partial charge in [-0.25, -0.2) is 4.98 Å². The number of nitrogens with zero attached hydrogens (tertiary/aromatic N) is 1. The maximum atomic E-state index is 11.7. The minimum absolute atomic E-state index is 0.121. The summed E-state index contributed by atoms with van der Waals surface area (Å²) in [6, 6.07) is 3.26. The van der Waals surface area contributed by atoms with Crippen LogP contribution in [0, 0.1) is 0 Å². The van der Waals surface area contributed by atoms with Crippen molar-refractivity contribution in [2.24, 2.45) is 0 Å². The lowest BCUT2D eigenvalue weighted by Crippen LogP contribution is -2.24. The molecule has 0 bridgehead atoms. The van der Waals surface area contributed by atoms with Crippen LogP contribution in [0.15, 0.2) is 18.3 Å². The normalized spacial score (nSPS) is 10.7. The first-order chi connectivity index (χ1) is 8.59. The van der Waals surface area contributed by atoms with Crippen LogP contribution in [0.4, 0.5) is 0 Å². The van der Waals surface area contributed by atoms with Crippen molar-refractivity contribution in [1.29, 1.82) is 0 Å². The van der Waals surface area contributed by atoms with E-state index in [4.69, 9.17) is 16.3 Å². The topological polar surface area (TPSA) is 51.2 Å². The van der Waals surface area contributed by atoms with Gasteiger partial charge in [-0.15, -0.1) is 0 Å². The lowest BCUT2D eigenvalue weighted by atomic mass is 10.2. The third-order valence-corrected chi connectivity index (χ3v) is 2.52. The van der Waals surface area contributed by atoms with Gasteiger partial charge in [0.05, 0.1) is 11.7 Å². The summed E-state index contributed by atoms with van der Waals surface area (Å²) in [4.78, 5) is 15.5. The maximum Gasteiger partial charge on any atom is 0.252 e. The van der Waals surface area contributed by atoms with Gasteiger partial charge in [0.15, 0.2) is 0 Å². The summed E-state index contributed by atoms with van der Waals surface area (Å²) in [5, 5.41) is 3.22. The molecule has 0 radical (unpaired) electrons. The van der Waals surface area contributed by atoms with Crippen LogP contribution in [-0.2, 0) is 4.74 Å². The monoisotopic (exact) mass is 270 g/mol. The van der Waals surface area contributed by atoms with Crippen LogP contribution < -0.4 is 5.32 Å². The average Bonchev–Trinajstić information content (AvgIpc) is 2.34. The molecule has 1 aromatic heterocycles. The number of carbonyl (C=O) groups excluding carboxylic acids is 1. The van der Waals surface area contributed by atoms with E-state index < -0.39 is 0 Å². The predicted octanol–water partition coefficient (Wildman–Crippen LogP) is 2.67. The number of halogens is 1. The lowest BCUT2D eigenvalue weighted by Gasteiger charge is -2.08. The number of rotatable bonds is 7. The van der Waals surface area contributed by atoms with Gasteiger partial charge in [0, 0.05) is 19.3 Å². The summed E-state index contributed by atoms with van der Waals surface area (Å²) in [5.41, 5.74) is 0.526. The molecular weight excluding hydrogens is 252 g/mol. The van der Waals surface area contributed by atoms with Crippen LogP contribution >= 0.6 is 11.6 Å². The Hall–Kier alpha value is -1.13. The Morgan fingerprint density at radius 3 is 2.83 bits per heavy atom. The molecule has 0 unspecified atom stereocenters. The molecule has 0 fully saturated rings. The van der Waals surface area contributed by atoms with E-state index in [2.05, 4.69) is 10.3 Å². The zero-order valence-corrected chi connectivity index (χ0v) is 11.5. The van der Waals surface area contributed by atoms with Gasteiger partial charge in [-0.2, -0.15) is 0 Å². The highest BCUT2D eigenvalue weighted by molar-refractivity contribution is 6.29. The second kappa shape index (κ2) is 8.06. The van der Waals surface area contributed by atoms with E-state index in [9.17, 15) is 4.79 Å². The fourth-order valence-corrected chi connectivity index (χ4v) is 1.47. The number of aromatic nitrogens is 1. The molecule has 5 heteroatoms. The van der Waals surface area contributed by atoms with E-state index in [1.165, 1.54) is 6.20 Å². The number of hydrogen-bond acceptors (Lipinski definition) is 3. The molecule has 1 N–H and O–H groups in total. The van der Waals surface area contributed by atoms with E-state index >= 15 is 0 Å². The molecule has 0 aliphatic heterocycles. The quantitative estimate of drug-likeness (QED) is 0.612. The van der Waals surface area contributed by atoms with Gasteiger partial charge in [-0.05, 0) is 38.8 Å². The first kappa shape index (κ1) is 14.9. The van der Waals surface area contributed by atoms with Crippen LogP contribution in [0.3, 0.4) is 0 Å². The summed E-state index contributed by atoms with van der Waals surface area (Å²) in [7, 11) is 0. The van der Waals surface area contributed by atoms with E-state index in [-0.39, 0.29) is 12.0 Å². The van der Waals surface area contributed by atoms with Crippen molar-refractivity contribution in [3.63, 3.8) is 0 Å². The van der Waals surface area contributed by atoms with Gasteiger partial charge in [0.1, 0.15) is 5.15 Å². The number of ether oxygens (including phenoxy) is 1. The Kier molecular flexibility index (Phi) is 6.68. The minimum atomic E-state index is -0.121. The number of nitrogens with one attached hydrogen (secondary N) is 1. The van der Waals surface area contributed by atoms with Crippen molar-refractivity contribution in [1.82, 2.24) is 10.3 Å². The number of pyridine rings is 1. The minimum Gasteiger partial charge on any atom is -0.379 e. The number of hydrogen-bond donors (Lipinski definition) is 1. The van der Waals surface area contributed by atoms with E-state index in [0.717, 1.165) is 19.4 Å². The third-order valence-electron chi connectivity index (χ3n) is 2.30. The highest BCUT2D eigenvalue weighted by Crippen LogP contribution is 2.05. The molecule has 1 heterocycles. The molecule has 0 aromatic carbocycles. The number of carbonyl (C=O) groups is 1. The van der Waals surface area contributed by atoms with Gasteiger partial charge < -0.3 is 10.1 Å². The van der Waals surface area contributed by atoms with Crippen molar-refractivity contribution in [3.8, 4) is 0 Å². The lowest BCUT2D eigenvalue weighted by molar-refractivity contribution is 0.0754. The summed E-state index contributed by atoms with van der Waals surface area (Å²) in [6.45, 7) is 5.39. The van der Waals surface area contributed by atoms with Gasteiger partial charge in [0.2, 0.25) is 0 Å². The third kappa shape index (κ3) is 5.98. The largest absolute Gasteiger partial charge is 0.379 e. The molecule has 1 amide bonds. The molecule has 0 spiro atoms. The van der Waals surface area contributed by atoms with Crippen LogP contribution in [0.25, 0.3) is 0 Å². The van der Waals surface area contributed by atoms with Gasteiger partial charge in [0.25, 0.3) is 5.91 Å². The Morgan fingerprint density at radius 1 is 1.44 bits per heavy atom. The molecule has 18 heavy (non-hydrogen) atoms. The zero-order chi connectivity index (χ0) is 13.4. The maximum absolute atomic E-state index is 11.7. The zero-order valence-electron chi connectivity index (χ0n) is 10.8. The Bertz CT molecular complexity index is 366. The van der Waals surface area contributed by atoms with Gasteiger partial charge >= 0.3 is 0 Å². The molecule has 1 rings (SSSR count). The number of amides is 1. The Balaban J connectivity index is 2.16. The van der Waals surface area contributed by atoms with Crippen molar-refractivity contribution in [3.05, 3.63) is 29.0 Å². The second-order valence-corrected chi connectivity index (χ2v) is 4.64. The summed E-state index contributed by atoms with van der Waals surface area (Å²) < 4.78 is 5.41. The second-order valence-electron chi connectivity index (χ2n) is 4.25. The molecule has 0 saturated heterocycles. The molecular formula is C13H19ClN2O2. The van der Waals surface area contributed by atoms with Crippen LogP contribution in [0.2, 0.25) is 5.15 Å². The average molecular weight is 271 g/mol. The fraction of sp³-hybridized carbons (Fsp3) is 0.538. The van der Waals surface area contributed by atoms with Gasteiger partial charge in [-0.1, -0.05) is 11.6 Å². The molecule has 1 aromatic rings. The Morgan fingerprint density at radius 2 is 2.22 bits per heavy atom. The van der Waals surface area contributed by atoms with Crippen LogP contribution in [-0.4, -0.2) is 30.1 Å². The Labute approximate surface area is 113 Å². The molecule has 0 aliphatic rings. The number of unbranched alkanes of at least 4 members (excludes halogenated alkanes) is 1. The highest BCUT2D eigenvalue weighted by atomic mass is 35.5. The highest BCUT2D eigenvalue weighted by Gasteiger charge is 2.04. The molecule has 0 saturated carbocycles. The standard InChI is InChI=1S/C13H19ClN2O2/c1-10(2)18-8-4-3-7-15-13(17)11-5-6-12(14)16-9-11/h5-6,9-10H,3-4,7-8H2,1-2H3,(H,15,17). The summed E-state index contributed by atoms with van der Waals surface area (Å²) >= 11 is 5.65. The van der Waals surface area contributed by atoms with Gasteiger partial charge in [-0.3, -0.25) is 4.79 Å². The summed E-state index contributed by atoms with van der Waals surface area (Å²) in [6.07, 6.45) is 3.58. The van der Waals surface area contributed by atoms with E-state index in [1.807, 2.05) is 13.8 Å². The van der Waals surface area contributed by atoms with Crippen molar-refractivity contribution in [2.45, 2.75) is 32.8 Å². The van der Waals surface area contributed by atoms with E-state index in [1.54, 1.807) is 12.1 Å². The molecule has 100 valence electrons. The molecule has 0 aliphatic carbocycles. The first-order valence-electron chi connectivity index (χ1n) is 6.11. The van der Waals surface area contributed by atoms with Crippen LogP contribution in [0.5, 0.6) is 0 Å². The first-order valence-corrected chi connectivity index (χ1v) is 6.48. The van der Waals surface area contributed by atoms with Crippen molar-refractivity contribution < 1.29 is 9.53 Å². The molecule has 0 atom stereocenters. The molecule has 4 nitrogen and oxygen atoms in total. The van der Waals surface area contributed by atoms with Crippen LogP contribution in [0.1, 0.15) is 37.0 Å². The fourth-order valence-electron chi connectivity index (χ4n) is 1.36. The van der Waals surface area contributed by atoms with Crippen molar-refractivity contribution >= 4 is 17.5 Å².